The van der Waals surface area contributed by atoms with Gasteiger partial charge in [-0.3, -0.25) is 0 Å². The molecular formula is C109H99N13. The van der Waals surface area contributed by atoms with Gasteiger partial charge in [-0.1, -0.05) is 204 Å². The Hall–Kier alpha value is -15.1. The number of nitriles is 5. The van der Waals surface area contributed by atoms with Crippen molar-refractivity contribution >= 4 is 91.0 Å². The summed E-state index contributed by atoms with van der Waals surface area (Å²) in [6.45, 7) is 30.7. The Morgan fingerprint density at radius 2 is 0.516 bits per heavy atom. The van der Waals surface area contributed by atoms with Crippen LogP contribution in [-0.4, -0.2) is 24.7 Å². The van der Waals surface area contributed by atoms with E-state index in [2.05, 4.69) is 385 Å². The van der Waals surface area contributed by atoms with Crippen molar-refractivity contribution in [3.63, 3.8) is 0 Å². The van der Waals surface area contributed by atoms with Crippen LogP contribution in [0.15, 0.2) is 309 Å². The van der Waals surface area contributed by atoms with Crippen molar-refractivity contribution in [3.05, 3.63) is 382 Å². The number of benzene rings is 14. The molecule has 0 N–H and O–H groups in total. The lowest BCUT2D eigenvalue weighted by Gasteiger charge is -2.35. The van der Waals surface area contributed by atoms with Crippen LogP contribution in [0.25, 0.3) is 22.3 Å². The third-order valence-electron chi connectivity index (χ3n) is 23.9. The van der Waals surface area contributed by atoms with E-state index >= 15 is 0 Å². The van der Waals surface area contributed by atoms with E-state index in [1.54, 1.807) is 0 Å². The molecule has 14 aromatic rings. The molecule has 0 fully saturated rings. The van der Waals surface area contributed by atoms with Gasteiger partial charge in [0.25, 0.3) is 0 Å². The molecule has 14 aromatic carbocycles. The second kappa shape index (κ2) is 35.2. The van der Waals surface area contributed by atoms with Gasteiger partial charge in [0.05, 0.1) is 115 Å². The highest BCUT2D eigenvalue weighted by Crippen LogP contribution is 2.56. The van der Waals surface area contributed by atoms with Crippen LogP contribution in [0.5, 0.6) is 0 Å². The lowest BCUT2D eigenvalue weighted by Crippen LogP contribution is -2.36. The second-order valence-corrected chi connectivity index (χ2v) is 32.3. The van der Waals surface area contributed by atoms with Gasteiger partial charge >= 0.3 is 0 Å². The number of para-hydroxylation sites is 11. The van der Waals surface area contributed by atoms with Gasteiger partial charge in [-0.25, -0.2) is 0 Å². The normalized spacial score (nSPS) is 15.1. The predicted molar refractivity (Wildman–Crippen MR) is 503 cm³/mol. The summed E-state index contributed by atoms with van der Waals surface area (Å²) in [7, 11) is 0. The lowest BCUT2D eigenvalue weighted by molar-refractivity contribution is 0.736. The minimum Gasteiger partial charge on any atom is -0.318 e. The number of fused-ring (bicyclic) bond motifs is 4. The Bertz CT molecular complexity index is 6380. The maximum absolute atomic E-state index is 9.42. The molecule has 0 saturated carbocycles. The molecule has 0 bridgehead atoms. The molecule has 600 valence electrons. The molecule has 18 rings (SSSR count). The minimum atomic E-state index is 0.00369. The van der Waals surface area contributed by atoms with Gasteiger partial charge in [0, 0.05) is 45.3 Å². The van der Waals surface area contributed by atoms with Crippen molar-refractivity contribution < 1.29 is 0 Å². The van der Waals surface area contributed by atoms with E-state index in [0.717, 1.165) is 67.8 Å². The van der Waals surface area contributed by atoms with Gasteiger partial charge in [-0.2, -0.15) is 26.3 Å². The van der Waals surface area contributed by atoms with Crippen LogP contribution in [-0.2, 0) is 0 Å². The number of hydrogen-bond donors (Lipinski definition) is 0. The molecule has 13 nitrogen and oxygen atoms in total. The Balaban J connectivity index is 0.000000127. The first-order valence-electron chi connectivity index (χ1n) is 41.8. The second-order valence-electron chi connectivity index (χ2n) is 32.3. The summed E-state index contributed by atoms with van der Waals surface area (Å²) < 4.78 is 0. The van der Waals surface area contributed by atoms with Gasteiger partial charge in [0.2, 0.25) is 0 Å². The zero-order valence-corrected chi connectivity index (χ0v) is 71.7. The van der Waals surface area contributed by atoms with Gasteiger partial charge in [-0.15, -0.1) is 0 Å². The molecule has 4 aliphatic rings. The Morgan fingerprint density at radius 3 is 0.893 bits per heavy atom. The molecule has 0 unspecified atom stereocenters. The minimum absolute atomic E-state index is 0.00369. The summed E-state index contributed by atoms with van der Waals surface area (Å²) in [5, 5.41) is 46.6. The molecule has 4 aliphatic heterocycles. The van der Waals surface area contributed by atoms with Gasteiger partial charge in [0.1, 0.15) is 24.7 Å². The number of nitrogens with zero attached hydrogens (tertiary/aromatic N) is 13. The van der Waals surface area contributed by atoms with Crippen LogP contribution in [0.2, 0.25) is 0 Å². The molecule has 0 aromatic heterocycles. The van der Waals surface area contributed by atoms with Gasteiger partial charge in [-0.05, 0) is 270 Å². The fourth-order valence-electron chi connectivity index (χ4n) is 18.3. The third kappa shape index (κ3) is 15.4. The predicted octanol–water partition coefficient (Wildman–Crippen LogP) is 28.1. The van der Waals surface area contributed by atoms with Crippen LogP contribution in [0.4, 0.5) is 91.0 Å². The molecule has 0 radical (unpaired) electrons. The van der Waals surface area contributed by atoms with Crippen molar-refractivity contribution in [2.75, 3.05) is 39.2 Å². The summed E-state index contributed by atoms with van der Waals surface area (Å²) in [4.78, 5) is 19.1. The average Bonchev–Trinajstić information content (AvgIpc) is 1.57. The van der Waals surface area contributed by atoms with E-state index < -0.39 is 0 Å². The monoisotopic (exact) mass is 1590 g/mol. The fraction of sp³-hybridized carbons (Fsp3) is 0.183. The summed E-state index contributed by atoms with van der Waals surface area (Å²) in [6, 6.07) is 118. The molecule has 4 atom stereocenters. The first kappa shape index (κ1) is 82.0. The molecule has 0 amide bonds. The quantitative estimate of drug-likeness (QED) is 0.114. The fourth-order valence-corrected chi connectivity index (χ4v) is 18.3. The van der Waals surface area contributed by atoms with E-state index in [-0.39, 0.29) is 24.7 Å². The van der Waals surface area contributed by atoms with Gasteiger partial charge in [0.15, 0.2) is 0 Å². The molecule has 0 spiro atoms. The molecule has 0 saturated heterocycles. The van der Waals surface area contributed by atoms with Crippen LogP contribution < -0.4 is 39.2 Å². The molecule has 13 heteroatoms. The van der Waals surface area contributed by atoms with Crippen molar-refractivity contribution in [3.8, 4) is 52.6 Å². The van der Waals surface area contributed by atoms with Crippen LogP contribution in [0.1, 0.15) is 140 Å². The largest absolute Gasteiger partial charge is 0.318 e. The average molecular weight is 1590 g/mol. The summed E-state index contributed by atoms with van der Waals surface area (Å²) in [6.07, 6.45) is 0.260. The maximum atomic E-state index is 9.42. The first-order valence-corrected chi connectivity index (χ1v) is 41.8. The van der Waals surface area contributed by atoms with E-state index in [1.807, 2.05) is 91.0 Å². The molecule has 4 heterocycles. The Labute approximate surface area is 719 Å². The lowest BCUT2D eigenvalue weighted by atomic mass is 9.91. The van der Waals surface area contributed by atoms with E-state index in [0.29, 0.717) is 39.7 Å². The van der Waals surface area contributed by atoms with Crippen molar-refractivity contribution in [1.82, 2.24) is 0 Å². The summed E-state index contributed by atoms with van der Waals surface area (Å²) >= 11 is 0. The summed E-state index contributed by atoms with van der Waals surface area (Å²) in [5.74, 6) is 0.859. The van der Waals surface area contributed by atoms with Crippen molar-refractivity contribution in [2.24, 2.45) is 0 Å². The number of hydrogen-bond acceptors (Lipinski definition) is 13. The van der Waals surface area contributed by atoms with Crippen LogP contribution >= 0.6 is 0 Å². The highest BCUT2D eigenvalue weighted by molar-refractivity contribution is 6.00. The van der Waals surface area contributed by atoms with Gasteiger partial charge < -0.3 is 39.2 Å². The number of aryl methyl sites for hydroxylation is 6. The SMILES string of the molecule is Cc1cc(C#N)ccc1N1c2ccccc2N(c2c(-c3ccccc3)cccc2-c2ccccc2)[C@H]1C.Cc1cc(C#N)ccc1N1c2ccccc2N(c2c(C(C)C)cccc2C(C)C)[C@H]1C.Cc1cc(C#N)ccc1N1c2ccccc2N(c2c(C)cccc2C)[C@H]1C.Cc1ccc(C#N)cc1N1c2ccccc2N(c2cccc(C#N)c2)[C@H]1C. The standard InChI is InChI=1S/C34H27N3.C28H31N3.C24H23N3.C23H18N4/c1-24-22-26(23-35)20-21-31(24)36-25(2)37(33-19-10-9-18-32(33)36)34-29(27-12-5-3-6-13-27)16-11-17-30(34)28-14-7-4-8-15-28;1-18(2)23-10-9-11-24(19(3)4)28(23)31-21(6)30(26-12-7-8-13-27(26)31)25-15-14-22(17-29)16-20(25)5;1-16-8-7-9-17(2)24(16)27-19(4)26(22-10-5-6-11-23(22)27)21-13-12-20(15-25)14-18(21)3;1-16-10-11-19(15-25)13-23(16)27-17(2)26(21-8-3-4-9-22(21)27)20-7-5-6-18(12-20)14-24/h3-22,25H,1-2H3;7-16,18-19,21H,1-6H3;5-14,19H,1-4H3;3-13,17H,1-2H3/t25-;21-;19-;17-/m0001/s1. The molecular weight excluding hydrogens is 1490 g/mol. The van der Waals surface area contributed by atoms with E-state index in [1.165, 1.54) is 90.0 Å². The van der Waals surface area contributed by atoms with Crippen LogP contribution in [0.3, 0.4) is 0 Å². The zero-order chi connectivity index (χ0) is 85.7. The third-order valence-corrected chi connectivity index (χ3v) is 23.9. The number of rotatable bonds is 12. The van der Waals surface area contributed by atoms with Crippen molar-refractivity contribution in [2.45, 2.75) is 133 Å². The van der Waals surface area contributed by atoms with Crippen molar-refractivity contribution in [1.29, 1.82) is 26.3 Å². The molecule has 122 heavy (non-hydrogen) atoms. The summed E-state index contributed by atoms with van der Waals surface area (Å²) in [5.41, 5.74) is 36.4. The first-order chi connectivity index (χ1) is 59.2. The molecule has 0 aliphatic carbocycles. The van der Waals surface area contributed by atoms with E-state index in [4.69, 9.17) is 0 Å². The Morgan fingerprint density at radius 1 is 0.221 bits per heavy atom. The smallest absolute Gasteiger partial charge is 0.108 e. The van der Waals surface area contributed by atoms with Crippen LogP contribution in [0, 0.1) is 98.2 Å². The highest BCUT2D eigenvalue weighted by Gasteiger charge is 2.42. The zero-order valence-electron chi connectivity index (χ0n) is 71.7. The number of anilines is 16. The van der Waals surface area contributed by atoms with E-state index in [9.17, 15) is 26.3 Å². The highest BCUT2D eigenvalue weighted by atomic mass is 15.4. The maximum Gasteiger partial charge on any atom is 0.108 e. The topological polar surface area (TPSA) is 145 Å². The Kier molecular flexibility index (Phi) is 23.7.